The molecule has 1 saturated carbocycles. The molecule has 0 unspecified atom stereocenters. The van der Waals surface area contributed by atoms with Crippen LogP contribution in [0.15, 0.2) is 36.5 Å². The lowest BCUT2D eigenvalue weighted by Gasteiger charge is -2.34. The zero-order valence-electron chi connectivity index (χ0n) is 25.2. The number of nitriles is 1. The molecule has 1 saturated heterocycles. The Bertz CT molecular complexity index is 1520. The number of anilines is 3. The Labute approximate surface area is 246 Å². The highest BCUT2D eigenvalue weighted by Gasteiger charge is 2.33. The fraction of sp³-hybridized carbons (Fsp3) is 0.516. The molecule has 2 amide bonds. The van der Waals surface area contributed by atoms with Crippen LogP contribution in [0.4, 0.5) is 26.9 Å². The lowest BCUT2D eigenvalue weighted by atomic mass is 10.1. The molecule has 42 heavy (non-hydrogen) atoms. The van der Waals surface area contributed by atoms with Crippen LogP contribution in [0.2, 0.25) is 0 Å². The fourth-order valence-corrected chi connectivity index (χ4v) is 5.03. The number of piperidine rings is 1. The molecule has 2 aliphatic rings. The van der Waals surface area contributed by atoms with Gasteiger partial charge < -0.3 is 19.7 Å². The second-order valence-corrected chi connectivity index (χ2v) is 13.0. The first kappa shape index (κ1) is 29.2. The van der Waals surface area contributed by atoms with Crippen molar-refractivity contribution in [1.82, 2.24) is 19.5 Å². The van der Waals surface area contributed by atoms with Crippen LogP contribution in [0, 0.1) is 11.3 Å². The van der Waals surface area contributed by atoms with Crippen molar-refractivity contribution >= 4 is 35.2 Å². The third-order valence-electron chi connectivity index (χ3n) is 6.96. The number of carbonyl (C=O) groups is 2. The van der Waals surface area contributed by atoms with E-state index < -0.39 is 17.3 Å². The predicted molar refractivity (Wildman–Crippen MR) is 159 cm³/mol. The van der Waals surface area contributed by atoms with Gasteiger partial charge in [-0.25, -0.2) is 19.5 Å². The number of fused-ring (bicyclic) bond motifs is 1. The van der Waals surface area contributed by atoms with Gasteiger partial charge in [-0.15, -0.1) is 0 Å². The summed E-state index contributed by atoms with van der Waals surface area (Å²) in [6.07, 6.45) is 4.66. The number of amides is 2. The molecule has 0 bridgehead atoms. The third kappa shape index (κ3) is 6.75. The monoisotopic (exact) mass is 573 g/mol. The molecule has 3 heterocycles. The van der Waals surface area contributed by atoms with E-state index in [1.54, 1.807) is 39.7 Å². The number of likely N-dealkylation sites (tertiary alicyclic amines) is 1. The van der Waals surface area contributed by atoms with Crippen molar-refractivity contribution in [3.8, 4) is 6.07 Å². The van der Waals surface area contributed by atoms with Gasteiger partial charge in [0.05, 0.1) is 23.5 Å². The van der Waals surface area contributed by atoms with Gasteiger partial charge in [-0.3, -0.25) is 0 Å². The minimum absolute atomic E-state index is 0.0711. The second kappa shape index (κ2) is 11.2. The van der Waals surface area contributed by atoms with Gasteiger partial charge in [0.2, 0.25) is 0 Å². The Kier molecular flexibility index (Phi) is 7.75. The summed E-state index contributed by atoms with van der Waals surface area (Å²) in [7, 11) is 0. The van der Waals surface area contributed by atoms with E-state index in [4.69, 9.17) is 14.5 Å². The van der Waals surface area contributed by atoms with E-state index in [1.165, 1.54) is 4.90 Å². The zero-order valence-corrected chi connectivity index (χ0v) is 25.2. The van der Waals surface area contributed by atoms with Gasteiger partial charge in [0.1, 0.15) is 22.8 Å². The molecule has 222 valence electrons. The number of rotatable bonds is 5. The van der Waals surface area contributed by atoms with Crippen LogP contribution in [-0.2, 0) is 9.47 Å². The van der Waals surface area contributed by atoms with Crippen molar-refractivity contribution in [2.45, 2.75) is 90.4 Å². The molecule has 11 heteroatoms. The second-order valence-electron chi connectivity index (χ2n) is 13.0. The van der Waals surface area contributed by atoms with Crippen LogP contribution in [0.25, 0.3) is 5.65 Å². The summed E-state index contributed by atoms with van der Waals surface area (Å²) in [5.74, 6) is 1.35. The van der Waals surface area contributed by atoms with Gasteiger partial charge in [0, 0.05) is 30.8 Å². The number of hydrogen-bond donors (Lipinski definition) is 1. The van der Waals surface area contributed by atoms with Gasteiger partial charge in [-0.2, -0.15) is 14.9 Å². The normalized spacial score (nSPS) is 17.5. The SMILES string of the molecule is CC(C)(C)OC(=O)N1CCC[C@H](Nc2cc(N(C(=O)OC(C)(C)C)c3cccc(C#N)c3)n3ncc(C4CC4)c3n2)C1. The van der Waals surface area contributed by atoms with Gasteiger partial charge in [0.25, 0.3) is 0 Å². The van der Waals surface area contributed by atoms with Gasteiger partial charge >= 0.3 is 12.2 Å². The number of hydrogen-bond acceptors (Lipinski definition) is 8. The lowest BCUT2D eigenvalue weighted by molar-refractivity contribution is 0.0206. The molecular weight excluding hydrogens is 534 g/mol. The summed E-state index contributed by atoms with van der Waals surface area (Å²) in [5.41, 5.74) is 1.23. The number of nitrogens with zero attached hydrogens (tertiary/aromatic N) is 6. The molecule has 1 aliphatic heterocycles. The molecule has 3 aromatic rings. The first-order chi connectivity index (χ1) is 19.8. The highest BCUT2D eigenvalue weighted by atomic mass is 16.6. The lowest BCUT2D eigenvalue weighted by Crippen LogP contribution is -2.47. The Morgan fingerprint density at radius 2 is 1.81 bits per heavy atom. The third-order valence-corrected chi connectivity index (χ3v) is 6.96. The van der Waals surface area contributed by atoms with Crippen molar-refractivity contribution in [2.75, 3.05) is 23.3 Å². The molecule has 0 radical (unpaired) electrons. The Morgan fingerprint density at radius 3 is 2.48 bits per heavy atom. The van der Waals surface area contributed by atoms with Gasteiger partial charge in [-0.05, 0) is 91.3 Å². The van der Waals surface area contributed by atoms with E-state index >= 15 is 0 Å². The zero-order chi connectivity index (χ0) is 30.2. The number of carbonyl (C=O) groups excluding carboxylic acids is 2. The largest absolute Gasteiger partial charge is 0.444 e. The van der Waals surface area contributed by atoms with Crippen LogP contribution < -0.4 is 10.2 Å². The summed E-state index contributed by atoms with van der Waals surface area (Å²) >= 11 is 0. The predicted octanol–water partition coefficient (Wildman–Crippen LogP) is 6.36. The molecule has 5 rings (SSSR count). The summed E-state index contributed by atoms with van der Waals surface area (Å²) in [6.45, 7) is 12.1. The van der Waals surface area contributed by atoms with Crippen molar-refractivity contribution < 1.29 is 19.1 Å². The summed E-state index contributed by atoms with van der Waals surface area (Å²) in [4.78, 5) is 34.7. The van der Waals surface area contributed by atoms with Gasteiger partial charge in [0.15, 0.2) is 5.65 Å². The molecule has 2 aromatic heterocycles. The number of benzene rings is 1. The summed E-state index contributed by atoms with van der Waals surface area (Å²) < 4.78 is 13.1. The molecule has 1 atom stereocenters. The van der Waals surface area contributed by atoms with E-state index in [9.17, 15) is 14.9 Å². The fourth-order valence-electron chi connectivity index (χ4n) is 5.03. The van der Waals surface area contributed by atoms with Crippen molar-refractivity contribution in [1.29, 1.82) is 5.26 Å². The maximum absolute atomic E-state index is 13.8. The number of aromatic nitrogens is 3. The molecule has 1 aromatic carbocycles. The van der Waals surface area contributed by atoms with Crippen molar-refractivity contribution in [2.24, 2.45) is 0 Å². The molecule has 1 aliphatic carbocycles. The van der Waals surface area contributed by atoms with E-state index in [0.29, 0.717) is 47.5 Å². The average Bonchev–Trinajstić information content (AvgIpc) is 3.66. The number of ether oxygens (including phenoxy) is 2. The van der Waals surface area contributed by atoms with E-state index in [1.807, 2.05) is 47.7 Å². The average molecular weight is 574 g/mol. The maximum atomic E-state index is 13.8. The highest BCUT2D eigenvalue weighted by molar-refractivity contribution is 5.96. The van der Waals surface area contributed by atoms with Crippen molar-refractivity contribution in [3.05, 3.63) is 47.7 Å². The topological polar surface area (TPSA) is 125 Å². The maximum Gasteiger partial charge on any atom is 0.420 e. The summed E-state index contributed by atoms with van der Waals surface area (Å²) in [6, 6.07) is 10.7. The first-order valence-electron chi connectivity index (χ1n) is 14.5. The van der Waals surface area contributed by atoms with Crippen LogP contribution in [-0.4, -0.2) is 62.0 Å². The molecule has 2 fully saturated rings. The standard InChI is InChI=1S/C31H39N7O4/c1-30(2,3)41-28(39)36-14-8-10-22(19-36)34-25-16-26(38-27(35-25)24(18-33-38)21-12-13-21)37(29(40)42-31(4,5)6)23-11-7-9-20(15-23)17-32/h7,9,11,15-16,18,21-22H,8,10,12-14,19H2,1-6H3,(H,34,35)/t22-/m0/s1. The smallest absolute Gasteiger partial charge is 0.420 e. The molecule has 0 spiro atoms. The Hall–Kier alpha value is -4.33. The van der Waals surface area contributed by atoms with E-state index in [0.717, 1.165) is 31.2 Å². The molecule has 11 nitrogen and oxygen atoms in total. The minimum atomic E-state index is -0.758. The van der Waals surface area contributed by atoms with E-state index in [-0.39, 0.29) is 12.1 Å². The number of nitrogens with one attached hydrogen (secondary N) is 1. The first-order valence-corrected chi connectivity index (χ1v) is 14.5. The van der Waals surface area contributed by atoms with E-state index in [2.05, 4.69) is 16.5 Å². The van der Waals surface area contributed by atoms with Crippen LogP contribution in [0.1, 0.15) is 84.3 Å². The van der Waals surface area contributed by atoms with Gasteiger partial charge in [-0.1, -0.05) is 6.07 Å². The Morgan fingerprint density at radius 1 is 1.07 bits per heavy atom. The van der Waals surface area contributed by atoms with Crippen LogP contribution in [0.3, 0.4) is 0 Å². The van der Waals surface area contributed by atoms with Crippen LogP contribution >= 0.6 is 0 Å². The highest BCUT2D eigenvalue weighted by Crippen LogP contribution is 2.43. The molecule has 1 N–H and O–H groups in total. The minimum Gasteiger partial charge on any atom is -0.444 e. The van der Waals surface area contributed by atoms with Crippen molar-refractivity contribution in [3.63, 3.8) is 0 Å². The van der Waals surface area contributed by atoms with Crippen LogP contribution in [0.5, 0.6) is 0 Å². The Balaban J connectivity index is 1.55. The summed E-state index contributed by atoms with van der Waals surface area (Å²) in [5, 5.41) is 17.7. The quantitative estimate of drug-likeness (QED) is 0.374. The molecular formula is C31H39N7O4.